The normalized spacial score (nSPS) is 12.8. The quantitative estimate of drug-likeness (QED) is 0.677. The summed E-state index contributed by atoms with van der Waals surface area (Å²) >= 11 is 3.31. The van der Waals surface area contributed by atoms with Crippen LogP contribution in [-0.2, 0) is 30.3 Å². The summed E-state index contributed by atoms with van der Waals surface area (Å²) in [7, 11) is 1.27. The van der Waals surface area contributed by atoms with Crippen LogP contribution >= 0.6 is 15.9 Å². The van der Waals surface area contributed by atoms with E-state index in [2.05, 4.69) is 26.0 Å². The molecular formula is C17H22BrNO5. The summed E-state index contributed by atoms with van der Waals surface area (Å²) in [6.45, 7) is 3.31. The van der Waals surface area contributed by atoms with Gasteiger partial charge in [-0.05, 0) is 23.6 Å². The van der Waals surface area contributed by atoms with E-state index >= 15 is 0 Å². The second-order valence-corrected chi connectivity index (χ2v) is 6.33. The van der Waals surface area contributed by atoms with Crippen LogP contribution in [0.15, 0.2) is 28.7 Å². The number of amides is 1. The second kappa shape index (κ2) is 10.1. The molecule has 0 spiro atoms. The van der Waals surface area contributed by atoms with Crippen LogP contribution in [0.5, 0.6) is 0 Å². The maximum atomic E-state index is 11.9. The van der Waals surface area contributed by atoms with Gasteiger partial charge in [0.15, 0.2) is 6.61 Å². The summed E-state index contributed by atoms with van der Waals surface area (Å²) in [5.41, 5.74) is 0.788. The van der Waals surface area contributed by atoms with Gasteiger partial charge in [0, 0.05) is 4.47 Å². The van der Waals surface area contributed by atoms with Crippen LogP contribution in [0.4, 0.5) is 0 Å². The Bertz CT molecular complexity index is 573. The molecule has 1 aromatic carbocycles. The van der Waals surface area contributed by atoms with E-state index in [4.69, 9.17) is 4.74 Å². The first-order valence-electron chi connectivity index (χ1n) is 7.64. The van der Waals surface area contributed by atoms with Crippen molar-refractivity contribution in [1.82, 2.24) is 5.32 Å². The fourth-order valence-electron chi connectivity index (χ4n) is 1.98. The number of halogens is 1. The minimum atomic E-state index is -0.752. The molecule has 2 atom stereocenters. The highest BCUT2D eigenvalue weighted by atomic mass is 79.9. The lowest BCUT2D eigenvalue weighted by molar-refractivity contribution is -0.150. The standard InChI is InChI=1S/C17H22BrNO5/c1-4-11(2)16(17(22)23-3)19-14(20)10-24-15(21)9-12-5-7-13(18)8-6-12/h5-8,11,16H,4,9-10H2,1-3H3,(H,19,20)/t11-,16+/m1/s1. The number of hydrogen-bond acceptors (Lipinski definition) is 5. The molecule has 0 aliphatic rings. The Labute approximate surface area is 150 Å². The van der Waals surface area contributed by atoms with Crippen molar-refractivity contribution in [3.05, 3.63) is 34.3 Å². The predicted molar refractivity (Wildman–Crippen MR) is 92.2 cm³/mol. The number of ether oxygens (including phenoxy) is 2. The van der Waals surface area contributed by atoms with E-state index in [1.54, 1.807) is 12.1 Å². The van der Waals surface area contributed by atoms with E-state index in [9.17, 15) is 14.4 Å². The highest BCUT2D eigenvalue weighted by molar-refractivity contribution is 9.10. The first-order valence-corrected chi connectivity index (χ1v) is 8.43. The van der Waals surface area contributed by atoms with Crippen molar-refractivity contribution in [2.75, 3.05) is 13.7 Å². The zero-order valence-electron chi connectivity index (χ0n) is 14.0. The van der Waals surface area contributed by atoms with Gasteiger partial charge in [-0.2, -0.15) is 0 Å². The van der Waals surface area contributed by atoms with Crippen LogP contribution in [0.2, 0.25) is 0 Å². The van der Waals surface area contributed by atoms with E-state index in [1.807, 2.05) is 26.0 Å². The third-order valence-electron chi connectivity index (χ3n) is 3.61. The lowest BCUT2D eigenvalue weighted by Gasteiger charge is -2.21. The summed E-state index contributed by atoms with van der Waals surface area (Å²) in [6.07, 6.45) is 0.774. The monoisotopic (exact) mass is 399 g/mol. The van der Waals surface area contributed by atoms with Crippen molar-refractivity contribution >= 4 is 33.8 Å². The molecule has 0 saturated carbocycles. The first kappa shape index (κ1) is 20.2. The Morgan fingerprint density at radius 3 is 2.38 bits per heavy atom. The summed E-state index contributed by atoms with van der Waals surface area (Å²) in [4.78, 5) is 35.4. The van der Waals surface area contributed by atoms with Crippen LogP contribution in [0, 0.1) is 5.92 Å². The molecule has 1 aromatic rings. The number of carbonyl (C=O) groups excluding carboxylic acids is 3. The molecule has 0 aliphatic carbocycles. The van der Waals surface area contributed by atoms with E-state index < -0.39 is 30.5 Å². The molecule has 0 aliphatic heterocycles. The summed E-state index contributed by atoms with van der Waals surface area (Å²) in [5, 5.41) is 2.55. The van der Waals surface area contributed by atoms with Gasteiger partial charge in [-0.15, -0.1) is 0 Å². The maximum absolute atomic E-state index is 11.9. The number of methoxy groups -OCH3 is 1. The van der Waals surface area contributed by atoms with Gasteiger partial charge in [-0.25, -0.2) is 4.79 Å². The molecule has 6 nitrogen and oxygen atoms in total. The molecule has 1 N–H and O–H groups in total. The lowest BCUT2D eigenvalue weighted by atomic mass is 9.99. The Balaban J connectivity index is 2.47. The van der Waals surface area contributed by atoms with Gasteiger partial charge < -0.3 is 14.8 Å². The van der Waals surface area contributed by atoms with Crippen molar-refractivity contribution in [3.63, 3.8) is 0 Å². The average Bonchev–Trinajstić information content (AvgIpc) is 2.58. The molecule has 0 bridgehead atoms. The van der Waals surface area contributed by atoms with Crippen LogP contribution in [0.3, 0.4) is 0 Å². The van der Waals surface area contributed by atoms with Crippen LogP contribution in [0.1, 0.15) is 25.8 Å². The Morgan fingerprint density at radius 2 is 1.83 bits per heavy atom. The summed E-state index contributed by atoms with van der Waals surface area (Å²) in [5.74, 6) is -1.64. The van der Waals surface area contributed by atoms with Crippen LogP contribution in [-0.4, -0.2) is 37.6 Å². The number of esters is 2. The third kappa shape index (κ3) is 6.70. The molecule has 24 heavy (non-hydrogen) atoms. The molecule has 0 aromatic heterocycles. The van der Waals surface area contributed by atoms with E-state index in [0.29, 0.717) is 6.42 Å². The maximum Gasteiger partial charge on any atom is 0.328 e. The molecular weight excluding hydrogens is 378 g/mol. The second-order valence-electron chi connectivity index (χ2n) is 5.42. The van der Waals surface area contributed by atoms with Gasteiger partial charge in [-0.3, -0.25) is 9.59 Å². The van der Waals surface area contributed by atoms with Crippen molar-refractivity contribution in [2.24, 2.45) is 5.92 Å². The number of hydrogen-bond donors (Lipinski definition) is 1. The van der Waals surface area contributed by atoms with E-state index in [0.717, 1.165) is 10.0 Å². The third-order valence-corrected chi connectivity index (χ3v) is 4.14. The zero-order chi connectivity index (χ0) is 18.1. The van der Waals surface area contributed by atoms with Gasteiger partial charge in [-0.1, -0.05) is 48.3 Å². The molecule has 0 saturated heterocycles. The fraction of sp³-hybridized carbons (Fsp3) is 0.471. The van der Waals surface area contributed by atoms with Crippen molar-refractivity contribution < 1.29 is 23.9 Å². The fourth-order valence-corrected chi connectivity index (χ4v) is 2.24. The number of nitrogens with one attached hydrogen (secondary N) is 1. The summed E-state index contributed by atoms with van der Waals surface area (Å²) < 4.78 is 10.6. The smallest absolute Gasteiger partial charge is 0.328 e. The molecule has 1 rings (SSSR count). The molecule has 0 heterocycles. The topological polar surface area (TPSA) is 81.7 Å². The largest absolute Gasteiger partial charge is 0.467 e. The van der Waals surface area contributed by atoms with Crippen LogP contribution in [0.25, 0.3) is 0 Å². The number of carbonyl (C=O) groups is 3. The van der Waals surface area contributed by atoms with Gasteiger partial charge in [0.2, 0.25) is 0 Å². The molecule has 7 heteroatoms. The first-order chi connectivity index (χ1) is 11.4. The Kier molecular flexibility index (Phi) is 8.46. The zero-order valence-corrected chi connectivity index (χ0v) is 15.6. The highest BCUT2D eigenvalue weighted by Gasteiger charge is 2.26. The van der Waals surface area contributed by atoms with Gasteiger partial charge in [0.25, 0.3) is 5.91 Å². The van der Waals surface area contributed by atoms with Gasteiger partial charge in [0.05, 0.1) is 13.5 Å². The van der Waals surface area contributed by atoms with E-state index in [1.165, 1.54) is 7.11 Å². The van der Waals surface area contributed by atoms with E-state index in [-0.39, 0.29) is 12.3 Å². The van der Waals surface area contributed by atoms with Gasteiger partial charge >= 0.3 is 11.9 Å². The number of rotatable bonds is 8. The molecule has 132 valence electrons. The minimum Gasteiger partial charge on any atom is -0.467 e. The SMILES string of the molecule is CC[C@@H](C)[C@H](NC(=O)COC(=O)Cc1ccc(Br)cc1)C(=O)OC. The van der Waals surface area contributed by atoms with Gasteiger partial charge in [0.1, 0.15) is 6.04 Å². The minimum absolute atomic E-state index is 0.0757. The van der Waals surface area contributed by atoms with Crippen molar-refractivity contribution in [3.8, 4) is 0 Å². The number of benzene rings is 1. The van der Waals surface area contributed by atoms with Crippen LogP contribution < -0.4 is 5.32 Å². The lowest BCUT2D eigenvalue weighted by Crippen LogP contribution is -2.47. The molecule has 0 fully saturated rings. The summed E-state index contributed by atoms with van der Waals surface area (Å²) in [6, 6.07) is 6.48. The highest BCUT2D eigenvalue weighted by Crippen LogP contribution is 2.11. The Morgan fingerprint density at radius 1 is 1.21 bits per heavy atom. The van der Waals surface area contributed by atoms with Crippen molar-refractivity contribution in [1.29, 1.82) is 0 Å². The Hall–Kier alpha value is -1.89. The molecule has 0 radical (unpaired) electrons. The average molecular weight is 400 g/mol. The van der Waals surface area contributed by atoms with Crippen molar-refractivity contribution in [2.45, 2.75) is 32.7 Å². The molecule has 1 amide bonds. The molecule has 0 unspecified atom stereocenters. The predicted octanol–water partition coefficient (Wildman–Crippen LogP) is 2.24.